The van der Waals surface area contributed by atoms with Gasteiger partial charge in [0.05, 0.1) is 6.04 Å². The first-order chi connectivity index (χ1) is 9.08. The van der Waals surface area contributed by atoms with E-state index < -0.39 is 0 Å². The van der Waals surface area contributed by atoms with Crippen LogP contribution >= 0.6 is 0 Å². The second kappa shape index (κ2) is 5.97. The monoisotopic (exact) mass is 259 g/mol. The van der Waals surface area contributed by atoms with Crippen LogP contribution in [0.4, 0.5) is 0 Å². The molecule has 0 unspecified atom stereocenters. The van der Waals surface area contributed by atoms with Crippen LogP contribution in [0.3, 0.4) is 0 Å². The number of nitrogens with zero attached hydrogens (tertiary/aromatic N) is 2. The minimum absolute atomic E-state index is 0.148. The molecule has 1 aromatic heterocycles. The zero-order valence-electron chi connectivity index (χ0n) is 11.8. The van der Waals surface area contributed by atoms with Crippen LogP contribution in [-0.4, -0.2) is 10.1 Å². The Balaban J connectivity index is 2.11. The number of rotatable bonds is 5. The molecule has 0 aliphatic rings. The smallest absolute Gasteiger partial charge is 0.243 e. The topological polar surface area (TPSA) is 64.9 Å². The molecule has 19 heavy (non-hydrogen) atoms. The van der Waals surface area contributed by atoms with E-state index in [0.29, 0.717) is 18.1 Å². The number of aryl methyl sites for hydroxylation is 2. The molecule has 0 spiro atoms. The van der Waals surface area contributed by atoms with Gasteiger partial charge in [0.2, 0.25) is 5.89 Å². The van der Waals surface area contributed by atoms with Gasteiger partial charge >= 0.3 is 0 Å². The highest BCUT2D eigenvalue weighted by atomic mass is 16.5. The van der Waals surface area contributed by atoms with Crippen molar-refractivity contribution in [3.05, 3.63) is 46.6 Å². The molecule has 2 aromatic rings. The van der Waals surface area contributed by atoms with Gasteiger partial charge in [-0.2, -0.15) is 4.98 Å². The minimum atomic E-state index is -0.148. The van der Waals surface area contributed by atoms with Gasteiger partial charge in [0.25, 0.3) is 0 Å². The summed E-state index contributed by atoms with van der Waals surface area (Å²) in [6, 6.07) is 6.30. The van der Waals surface area contributed by atoms with Gasteiger partial charge in [-0.3, -0.25) is 0 Å². The summed E-state index contributed by atoms with van der Waals surface area (Å²) in [5.41, 5.74) is 9.67. The quantitative estimate of drug-likeness (QED) is 0.896. The molecule has 0 aliphatic carbocycles. The lowest BCUT2D eigenvalue weighted by Crippen LogP contribution is -2.10. The first-order valence-electron chi connectivity index (χ1n) is 6.73. The van der Waals surface area contributed by atoms with Gasteiger partial charge in [-0.05, 0) is 25.8 Å². The summed E-state index contributed by atoms with van der Waals surface area (Å²) in [5, 5.41) is 4.01. The number of benzene rings is 1. The van der Waals surface area contributed by atoms with Crippen molar-refractivity contribution < 1.29 is 4.52 Å². The van der Waals surface area contributed by atoms with Gasteiger partial charge in [-0.15, -0.1) is 0 Å². The molecule has 4 nitrogen and oxygen atoms in total. The van der Waals surface area contributed by atoms with Crippen LogP contribution in [0.15, 0.2) is 22.7 Å². The third kappa shape index (κ3) is 3.64. The zero-order valence-corrected chi connectivity index (χ0v) is 11.8. The van der Waals surface area contributed by atoms with Gasteiger partial charge < -0.3 is 10.3 Å². The molecule has 0 saturated heterocycles. The summed E-state index contributed by atoms with van der Waals surface area (Å²) in [5.74, 6) is 1.24. The Kier molecular flexibility index (Phi) is 4.32. The Morgan fingerprint density at radius 2 is 1.89 bits per heavy atom. The molecule has 0 bridgehead atoms. The molecule has 0 saturated carbocycles. The lowest BCUT2D eigenvalue weighted by molar-refractivity contribution is 0.345. The van der Waals surface area contributed by atoms with Crippen LogP contribution < -0.4 is 5.73 Å². The highest BCUT2D eigenvalue weighted by molar-refractivity contribution is 5.30. The van der Waals surface area contributed by atoms with E-state index in [1.807, 2.05) is 0 Å². The van der Waals surface area contributed by atoms with Crippen molar-refractivity contribution in [2.24, 2.45) is 5.73 Å². The van der Waals surface area contributed by atoms with Gasteiger partial charge in [-0.25, -0.2) is 0 Å². The summed E-state index contributed by atoms with van der Waals surface area (Å²) in [6.07, 6.45) is 2.56. The van der Waals surface area contributed by atoms with E-state index in [9.17, 15) is 0 Å². The Hall–Kier alpha value is -1.68. The van der Waals surface area contributed by atoms with Gasteiger partial charge in [0, 0.05) is 6.42 Å². The van der Waals surface area contributed by atoms with Crippen molar-refractivity contribution in [3.63, 3.8) is 0 Å². The molecule has 0 fully saturated rings. The molecule has 2 rings (SSSR count). The lowest BCUT2D eigenvalue weighted by Gasteiger charge is -2.03. The van der Waals surface area contributed by atoms with E-state index >= 15 is 0 Å². The van der Waals surface area contributed by atoms with Crippen LogP contribution in [0.1, 0.15) is 54.2 Å². The summed E-state index contributed by atoms with van der Waals surface area (Å²) in [6.45, 7) is 6.28. The maximum absolute atomic E-state index is 5.96. The second-order valence-electron chi connectivity index (χ2n) is 5.12. The third-order valence-electron chi connectivity index (χ3n) is 3.04. The van der Waals surface area contributed by atoms with Gasteiger partial charge in [0.1, 0.15) is 0 Å². The van der Waals surface area contributed by atoms with E-state index in [0.717, 1.165) is 12.8 Å². The first-order valence-corrected chi connectivity index (χ1v) is 6.73. The Bertz CT molecular complexity index is 528. The highest BCUT2D eigenvalue weighted by Crippen LogP contribution is 2.16. The fourth-order valence-corrected chi connectivity index (χ4v) is 2.28. The Labute approximate surface area is 114 Å². The maximum atomic E-state index is 5.96. The van der Waals surface area contributed by atoms with Crippen LogP contribution in [0.2, 0.25) is 0 Å². The summed E-state index contributed by atoms with van der Waals surface area (Å²) < 4.78 is 5.23. The van der Waals surface area contributed by atoms with E-state index in [-0.39, 0.29) is 6.04 Å². The Morgan fingerprint density at radius 3 is 2.53 bits per heavy atom. The fourth-order valence-electron chi connectivity index (χ4n) is 2.28. The molecule has 0 amide bonds. The molecule has 102 valence electrons. The van der Waals surface area contributed by atoms with Crippen molar-refractivity contribution >= 4 is 0 Å². The normalized spacial score (nSPS) is 12.6. The number of aromatic nitrogens is 2. The van der Waals surface area contributed by atoms with Crippen molar-refractivity contribution in [1.82, 2.24) is 10.1 Å². The lowest BCUT2D eigenvalue weighted by atomic mass is 10.0. The second-order valence-corrected chi connectivity index (χ2v) is 5.12. The summed E-state index contributed by atoms with van der Waals surface area (Å²) in [4.78, 5) is 4.38. The minimum Gasteiger partial charge on any atom is -0.338 e. The van der Waals surface area contributed by atoms with Crippen LogP contribution in [-0.2, 0) is 6.42 Å². The molecule has 1 atom stereocenters. The third-order valence-corrected chi connectivity index (χ3v) is 3.04. The molecule has 0 radical (unpaired) electrons. The predicted octanol–water partition coefficient (Wildman–Crippen LogP) is 3.08. The highest BCUT2D eigenvalue weighted by Gasteiger charge is 2.14. The van der Waals surface area contributed by atoms with Crippen molar-refractivity contribution in [2.75, 3.05) is 0 Å². The van der Waals surface area contributed by atoms with Gasteiger partial charge in [-0.1, -0.05) is 47.8 Å². The van der Waals surface area contributed by atoms with E-state index in [1.54, 1.807) is 0 Å². The molecular weight excluding hydrogens is 238 g/mol. The number of hydrogen-bond donors (Lipinski definition) is 1. The van der Waals surface area contributed by atoms with E-state index in [1.165, 1.54) is 16.7 Å². The standard InChI is InChI=1S/C15H21N3O/c1-4-5-13(16)15-17-14(18-19-15)9-12-7-10(2)6-11(3)8-12/h6-8,13H,4-5,9,16H2,1-3H3/t13-/m0/s1. The van der Waals surface area contributed by atoms with E-state index in [2.05, 4.69) is 49.1 Å². The average Bonchev–Trinajstić information content (AvgIpc) is 2.76. The summed E-state index contributed by atoms with van der Waals surface area (Å²) >= 11 is 0. The molecule has 1 heterocycles. The van der Waals surface area contributed by atoms with E-state index in [4.69, 9.17) is 10.3 Å². The van der Waals surface area contributed by atoms with Gasteiger partial charge in [0.15, 0.2) is 5.82 Å². The number of nitrogens with two attached hydrogens (primary N) is 1. The predicted molar refractivity (Wildman–Crippen MR) is 74.9 cm³/mol. The van der Waals surface area contributed by atoms with Crippen molar-refractivity contribution in [2.45, 2.75) is 46.1 Å². The molecule has 4 heteroatoms. The molecule has 0 aliphatic heterocycles. The molecular formula is C15H21N3O. The van der Waals surface area contributed by atoms with Crippen molar-refractivity contribution in [3.8, 4) is 0 Å². The van der Waals surface area contributed by atoms with Crippen LogP contribution in [0.25, 0.3) is 0 Å². The number of hydrogen-bond acceptors (Lipinski definition) is 4. The Morgan fingerprint density at radius 1 is 1.21 bits per heavy atom. The fraction of sp³-hybridized carbons (Fsp3) is 0.467. The largest absolute Gasteiger partial charge is 0.338 e. The molecule has 2 N–H and O–H groups in total. The maximum Gasteiger partial charge on any atom is 0.243 e. The van der Waals surface area contributed by atoms with Crippen molar-refractivity contribution in [1.29, 1.82) is 0 Å². The zero-order chi connectivity index (χ0) is 13.8. The van der Waals surface area contributed by atoms with Crippen LogP contribution in [0, 0.1) is 13.8 Å². The van der Waals surface area contributed by atoms with Crippen LogP contribution in [0.5, 0.6) is 0 Å². The summed E-state index contributed by atoms with van der Waals surface area (Å²) in [7, 11) is 0. The molecule has 1 aromatic carbocycles. The first kappa shape index (κ1) is 13.7. The SMILES string of the molecule is CCC[C@H](N)c1nc(Cc2cc(C)cc(C)c2)no1. The average molecular weight is 259 g/mol.